The summed E-state index contributed by atoms with van der Waals surface area (Å²) in [5.74, 6) is 0.670. The zero-order valence-corrected chi connectivity index (χ0v) is 13.6. The number of oxazole rings is 1. The summed E-state index contributed by atoms with van der Waals surface area (Å²) in [6.07, 6.45) is 0. The van der Waals surface area contributed by atoms with Crippen molar-refractivity contribution in [2.45, 2.75) is 33.1 Å². The van der Waals surface area contributed by atoms with Crippen LogP contribution in [0.15, 0.2) is 46.9 Å². The highest BCUT2D eigenvalue weighted by atomic mass is 16.3. The van der Waals surface area contributed by atoms with E-state index in [1.165, 1.54) is 5.56 Å². The molecule has 3 rings (SSSR count). The molecule has 1 heterocycles. The molecule has 3 nitrogen and oxygen atoms in total. The number of nitrogens with zero attached hydrogens (tertiary/aromatic N) is 1. The van der Waals surface area contributed by atoms with Crippen molar-refractivity contribution >= 4 is 16.8 Å². The van der Waals surface area contributed by atoms with Crippen molar-refractivity contribution < 1.29 is 4.42 Å². The minimum Gasteiger partial charge on any atom is -0.436 e. The predicted molar refractivity (Wildman–Crippen MR) is 92.3 cm³/mol. The predicted octanol–water partition coefficient (Wildman–Crippen LogP) is 5.22. The number of nitrogens with one attached hydrogen (secondary N) is 1. The molecule has 0 fully saturated rings. The average molecular weight is 294 g/mol. The number of aromatic nitrogens is 1. The molecule has 0 saturated heterocycles. The summed E-state index contributed by atoms with van der Waals surface area (Å²) in [5.41, 5.74) is 5.22. The van der Waals surface area contributed by atoms with Gasteiger partial charge in [0.15, 0.2) is 5.58 Å². The van der Waals surface area contributed by atoms with Crippen molar-refractivity contribution in [2.24, 2.45) is 0 Å². The maximum atomic E-state index is 5.92. The van der Waals surface area contributed by atoms with E-state index in [2.05, 4.69) is 62.3 Å². The van der Waals surface area contributed by atoms with E-state index in [-0.39, 0.29) is 5.41 Å². The molecular formula is C19H22N2O. The summed E-state index contributed by atoms with van der Waals surface area (Å²) in [4.78, 5) is 4.58. The number of rotatable bonds is 3. The van der Waals surface area contributed by atoms with Crippen LogP contribution in [0.25, 0.3) is 22.6 Å². The molecule has 2 aromatic carbocycles. The van der Waals surface area contributed by atoms with Gasteiger partial charge in [-0.25, -0.2) is 4.98 Å². The van der Waals surface area contributed by atoms with Crippen LogP contribution in [0, 0.1) is 0 Å². The van der Waals surface area contributed by atoms with Crippen molar-refractivity contribution in [1.82, 2.24) is 4.98 Å². The Hall–Kier alpha value is -2.29. The highest BCUT2D eigenvalue weighted by Crippen LogP contribution is 2.28. The molecule has 0 unspecified atom stereocenters. The smallest absolute Gasteiger partial charge is 0.227 e. The van der Waals surface area contributed by atoms with E-state index in [0.29, 0.717) is 5.89 Å². The maximum absolute atomic E-state index is 5.92. The van der Waals surface area contributed by atoms with Crippen molar-refractivity contribution in [3.8, 4) is 11.5 Å². The Morgan fingerprint density at radius 2 is 1.77 bits per heavy atom. The molecule has 1 aromatic heterocycles. The summed E-state index contributed by atoms with van der Waals surface area (Å²) >= 11 is 0. The normalized spacial score (nSPS) is 11.8. The SMILES string of the molecule is CCNc1ccc2nc(-c3ccc(C(C)(C)C)cc3)oc2c1. The molecular weight excluding hydrogens is 272 g/mol. The van der Waals surface area contributed by atoms with Gasteiger partial charge in [0.2, 0.25) is 5.89 Å². The second-order valence-corrected chi connectivity index (χ2v) is 6.56. The molecule has 1 N–H and O–H groups in total. The van der Waals surface area contributed by atoms with Crippen LogP contribution in [0.2, 0.25) is 0 Å². The van der Waals surface area contributed by atoms with Crippen LogP contribution in [0.5, 0.6) is 0 Å². The minimum atomic E-state index is 0.153. The molecule has 22 heavy (non-hydrogen) atoms. The van der Waals surface area contributed by atoms with E-state index >= 15 is 0 Å². The zero-order chi connectivity index (χ0) is 15.7. The van der Waals surface area contributed by atoms with Gasteiger partial charge >= 0.3 is 0 Å². The Morgan fingerprint density at radius 1 is 1.05 bits per heavy atom. The summed E-state index contributed by atoms with van der Waals surface area (Å²) in [6.45, 7) is 9.60. The van der Waals surface area contributed by atoms with Crippen LogP contribution in [-0.4, -0.2) is 11.5 Å². The van der Waals surface area contributed by atoms with Gasteiger partial charge in [-0.05, 0) is 42.2 Å². The zero-order valence-electron chi connectivity index (χ0n) is 13.6. The monoisotopic (exact) mass is 294 g/mol. The molecule has 0 amide bonds. The first kappa shape index (κ1) is 14.6. The standard InChI is InChI=1S/C19H22N2O/c1-5-20-15-10-11-16-17(12-15)22-18(21-16)13-6-8-14(9-7-13)19(2,3)4/h6-12,20H,5H2,1-4H3. The Morgan fingerprint density at radius 3 is 2.41 bits per heavy atom. The Bertz CT molecular complexity index is 779. The van der Waals surface area contributed by atoms with E-state index < -0.39 is 0 Å². The van der Waals surface area contributed by atoms with Gasteiger partial charge in [-0.1, -0.05) is 32.9 Å². The van der Waals surface area contributed by atoms with Gasteiger partial charge in [0, 0.05) is 23.9 Å². The number of hydrogen-bond donors (Lipinski definition) is 1. The molecule has 0 aliphatic carbocycles. The fraction of sp³-hybridized carbons (Fsp3) is 0.316. The lowest BCUT2D eigenvalue weighted by Crippen LogP contribution is -2.10. The van der Waals surface area contributed by atoms with Crippen molar-refractivity contribution in [1.29, 1.82) is 0 Å². The molecule has 0 atom stereocenters. The lowest BCUT2D eigenvalue weighted by atomic mass is 9.87. The lowest BCUT2D eigenvalue weighted by Gasteiger charge is -2.18. The number of hydrogen-bond acceptors (Lipinski definition) is 3. The van der Waals surface area contributed by atoms with Crippen LogP contribution in [0.1, 0.15) is 33.3 Å². The lowest BCUT2D eigenvalue weighted by molar-refractivity contribution is 0.589. The first-order valence-corrected chi connectivity index (χ1v) is 7.73. The fourth-order valence-electron chi connectivity index (χ4n) is 2.47. The molecule has 0 bridgehead atoms. The molecule has 0 aliphatic heterocycles. The summed E-state index contributed by atoms with van der Waals surface area (Å²) < 4.78 is 5.92. The van der Waals surface area contributed by atoms with E-state index in [0.717, 1.165) is 28.9 Å². The summed E-state index contributed by atoms with van der Waals surface area (Å²) in [7, 11) is 0. The average Bonchev–Trinajstić information content (AvgIpc) is 2.90. The number of anilines is 1. The van der Waals surface area contributed by atoms with Gasteiger partial charge in [0.25, 0.3) is 0 Å². The first-order valence-electron chi connectivity index (χ1n) is 7.73. The quantitative estimate of drug-likeness (QED) is 0.719. The summed E-state index contributed by atoms with van der Waals surface area (Å²) in [6, 6.07) is 14.5. The van der Waals surface area contributed by atoms with Gasteiger partial charge < -0.3 is 9.73 Å². The minimum absolute atomic E-state index is 0.153. The van der Waals surface area contributed by atoms with Crippen LogP contribution >= 0.6 is 0 Å². The van der Waals surface area contributed by atoms with Gasteiger partial charge in [0.1, 0.15) is 5.52 Å². The second-order valence-electron chi connectivity index (χ2n) is 6.56. The topological polar surface area (TPSA) is 38.1 Å². The van der Waals surface area contributed by atoms with Gasteiger partial charge in [-0.15, -0.1) is 0 Å². The Kier molecular flexibility index (Phi) is 3.65. The van der Waals surface area contributed by atoms with Crippen LogP contribution in [0.4, 0.5) is 5.69 Å². The van der Waals surface area contributed by atoms with Crippen molar-refractivity contribution in [3.63, 3.8) is 0 Å². The number of fused-ring (bicyclic) bond motifs is 1. The van der Waals surface area contributed by atoms with E-state index in [4.69, 9.17) is 4.42 Å². The molecule has 114 valence electrons. The van der Waals surface area contributed by atoms with Crippen molar-refractivity contribution in [2.75, 3.05) is 11.9 Å². The second kappa shape index (κ2) is 5.48. The molecule has 3 aromatic rings. The van der Waals surface area contributed by atoms with Crippen LogP contribution in [-0.2, 0) is 5.41 Å². The van der Waals surface area contributed by atoms with E-state index in [9.17, 15) is 0 Å². The Labute approximate surface area is 131 Å². The Balaban J connectivity index is 1.96. The highest BCUT2D eigenvalue weighted by molar-refractivity contribution is 5.79. The third-order valence-corrected chi connectivity index (χ3v) is 3.77. The molecule has 0 spiro atoms. The van der Waals surface area contributed by atoms with Gasteiger partial charge in [0.05, 0.1) is 0 Å². The van der Waals surface area contributed by atoms with Gasteiger partial charge in [-0.2, -0.15) is 0 Å². The molecule has 0 radical (unpaired) electrons. The third-order valence-electron chi connectivity index (χ3n) is 3.77. The first-order chi connectivity index (χ1) is 10.5. The van der Waals surface area contributed by atoms with Crippen LogP contribution in [0.3, 0.4) is 0 Å². The van der Waals surface area contributed by atoms with Gasteiger partial charge in [-0.3, -0.25) is 0 Å². The highest BCUT2D eigenvalue weighted by Gasteiger charge is 2.14. The molecule has 0 saturated carbocycles. The van der Waals surface area contributed by atoms with Crippen LogP contribution < -0.4 is 5.32 Å². The van der Waals surface area contributed by atoms with Crippen molar-refractivity contribution in [3.05, 3.63) is 48.0 Å². The van der Waals surface area contributed by atoms with E-state index in [1.54, 1.807) is 0 Å². The fourth-order valence-corrected chi connectivity index (χ4v) is 2.47. The maximum Gasteiger partial charge on any atom is 0.227 e. The number of benzene rings is 2. The third kappa shape index (κ3) is 2.84. The largest absolute Gasteiger partial charge is 0.436 e. The molecule has 0 aliphatic rings. The molecule has 3 heteroatoms. The summed E-state index contributed by atoms with van der Waals surface area (Å²) in [5, 5.41) is 3.28. The van der Waals surface area contributed by atoms with E-state index in [1.807, 2.05) is 18.2 Å².